The van der Waals surface area contributed by atoms with E-state index in [-0.39, 0.29) is 5.92 Å². The molecule has 3 aromatic heterocycles. The number of hydrogen-bond acceptors (Lipinski definition) is 6. The summed E-state index contributed by atoms with van der Waals surface area (Å²) in [6.07, 6.45) is 8.52. The van der Waals surface area contributed by atoms with Gasteiger partial charge in [-0.3, -0.25) is 4.40 Å². The molecule has 1 aliphatic rings. The summed E-state index contributed by atoms with van der Waals surface area (Å²) >= 11 is 6.13. The summed E-state index contributed by atoms with van der Waals surface area (Å²) in [7, 11) is -1.54. The maximum atomic E-state index is 11.7. The number of halogens is 1. The number of pyridine rings is 1. The van der Waals surface area contributed by atoms with Crippen LogP contribution in [0.2, 0.25) is 5.02 Å². The molecule has 4 heterocycles. The van der Waals surface area contributed by atoms with E-state index < -0.39 is 10.0 Å². The topological polar surface area (TPSA) is 83.7 Å². The fraction of sp³-hybridized carbons (Fsp3) is 0.421. The predicted octanol–water partition coefficient (Wildman–Crippen LogP) is 2.55. The molecule has 0 spiro atoms. The van der Waals surface area contributed by atoms with Crippen molar-refractivity contribution in [3.8, 4) is 11.5 Å². The summed E-state index contributed by atoms with van der Waals surface area (Å²) < 4.78 is 26.8. The first-order valence-corrected chi connectivity index (χ1v) is 11.7. The fourth-order valence-corrected chi connectivity index (χ4v) is 4.33. The quantitative estimate of drug-likeness (QED) is 0.613. The molecule has 1 unspecified atom stereocenters. The van der Waals surface area contributed by atoms with Gasteiger partial charge in [0.1, 0.15) is 17.2 Å². The van der Waals surface area contributed by atoms with Crippen LogP contribution in [0, 0.1) is 5.92 Å². The van der Waals surface area contributed by atoms with Crippen molar-refractivity contribution in [3.63, 3.8) is 0 Å². The van der Waals surface area contributed by atoms with Gasteiger partial charge in [-0.25, -0.2) is 27.7 Å². The Balaban J connectivity index is 1.57. The minimum atomic E-state index is -3.18. The molecule has 4 rings (SSSR count). The Morgan fingerprint density at radius 2 is 2.10 bits per heavy atom. The predicted molar refractivity (Wildman–Crippen MR) is 114 cm³/mol. The van der Waals surface area contributed by atoms with E-state index in [0.717, 1.165) is 43.1 Å². The van der Waals surface area contributed by atoms with Gasteiger partial charge in [-0.1, -0.05) is 11.6 Å². The molecule has 1 saturated heterocycles. The van der Waals surface area contributed by atoms with Gasteiger partial charge in [-0.2, -0.15) is 0 Å². The lowest BCUT2D eigenvalue weighted by Crippen LogP contribution is -2.41. The maximum Gasteiger partial charge on any atom is 0.210 e. The molecule has 8 nitrogen and oxygen atoms in total. The van der Waals surface area contributed by atoms with Crippen molar-refractivity contribution in [2.24, 2.45) is 5.92 Å². The lowest BCUT2D eigenvalue weighted by atomic mass is 9.98. The van der Waals surface area contributed by atoms with E-state index in [1.807, 2.05) is 16.5 Å². The minimum absolute atomic E-state index is 0.261. The van der Waals surface area contributed by atoms with Gasteiger partial charge < -0.3 is 4.90 Å². The molecular formula is C19H23ClN6O2S. The first-order valence-electron chi connectivity index (χ1n) is 9.43. The van der Waals surface area contributed by atoms with Gasteiger partial charge in [0.25, 0.3) is 0 Å². The van der Waals surface area contributed by atoms with E-state index in [0.29, 0.717) is 17.4 Å². The van der Waals surface area contributed by atoms with E-state index in [2.05, 4.69) is 14.9 Å². The molecule has 0 radical (unpaired) electrons. The molecule has 10 heteroatoms. The number of piperidine rings is 1. The zero-order chi connectivity index (χ0) is 20.6. The van der Waals surface area contributed by atoms with Gasteiger partial charge in [0.05, 0.1) is 17.5 Å². The van der Waals surface area contributed by atoms with Gasteiger partial charge >= 0.3 is 0 Å². The highest BCUT2D eigenvalue weighted by Gasteiger charge is 2.25. The van der Waals surface area contributed by atoms with Gasteiger partial charge in [-0.15, -0.1) is 0 Å². The molecular weight excluding hydrogens is 412 g/mol. The number of aromatic nitrogens is 4. The molecule has 29 heavy (non-hydrogen) atoms. The molecule has 1 fully saturated rings. The first kappa shape index (κ1) is 20.1. The number of nitrogens with zero attached hydrogens (tertiary/aromatic N) is 6. The van der Waals surface area contributed by atoms with Crippen LogP contribution in [-0.4, -0.2) is 65.0 Å². The number of sulfonamides is 1. The minimum Gasteiger partial charge on any atom is -0.356 e. The number of anilines is 1. The largest absolute Gasteiger partial charge is 0.356 e. The Kier molecular flexibility index (Phi) is 5.46. The molecule has 0 bridgehead atoms. The molecule has 0 aromatic carbocycles. The monoisotopic (exact) mass is 434 g/mol. The number of fused-ring (bicyclic) bond motifs is 1. The zero-order valence-electron chi connectivity index (χ0n) is 16.4. The van der Waals surface area contributed by atoms with Crippen molar-refractivity contribution in [1.82, 2.24) is 23.7 Å². The van der Waals surface area contributed by atoms with Crippen LogP contribution in [0.25, 0.3) is 17.2 Å². The Labute approximate surface area is 175 Å². The van der Waals surface area contributed by atoms with Crippen LogP contribution in [0.5, 0.6) is 0 Å². The van der Waals surface area contributed by atoms with E-state index in [9.17, 15) is 8.42 Å². The second-order valence-electron chi connectivity index (χ2n) is 7.46. The van der Waals surface area contributed by atoms with E-state index in [4.69, 9.17) is 16.6 Å². The summed E-state index contributed by atoms with van der Waals surface area (Å²) in [5.74, 6) is 1.67. The highest BCUT2D eigenvalue weighted by molar-refractivity contribution is 7.88. The first-order chi connectivity index (χ1) is 13.8. The molecule has 0 saturated carbocycles. The third-order valence-corrected chi connectivity index (χ3v) is 6.77. The van der Waals surface area contributed by atoms with Crippen molar-refractivity contribution in [2.45, 2.75) is 12.8 Å². The molecule has 0 aliphatic carbocycles. The van der Waals surface area contributed by atoms with Crippen molar-refractivity contribution in [1.29, 1.82) is 0 Å². The Morgan fingerprint density at radius 1 is 1.28 bits per heavy atom. The summed E-state index contributed by atoms with van der Waals surface area (Å²) in [6.45, 7) is 2.16. The molecule has 1 aliphatic heterocycles. The van der Waals surface area contributed by atoms with E-state index >= 15 is 0 Å². The maximum absolute atomic E-state index is 11.7. The average Bonchev–Trinajstić information content (AvgIpc) is 3.10. The third kappa shape index (κ3) is 4.36. The van der Waals surface area contributed by atoms with E-state index in [1.54, 1.807) is 31.7 Å². The number of rotatable bonds is 5. The highest BCUT2D eigenvalue weighted by atomic mass is 35.5. The lowest BCUT2D eigenvalue weighted by molar-refractivity contribution is 0.336. The van der Waals surface area contributed by atoms with Crippen molar-refractivity contribution >= 4 is 33.1 Å². The van der Waals surface area contributed by atoms with Crippen molar-refractivity contribution in [2.75, 3.05) is 37.8 Å². The number of imidazole rings is 1. The molecule has 0 N–H and O–H groups in total. The second-order valence-corrected chi connectivity index (χ2v) is 9.98. The van der Waals surface area contributed by atoms with E-state index in [1.165, 1.54) is 10.6 Å². The highest BCUT2D eigenvalue weighted by Crippen LogP contribution is 2.25. The number of hydrogen-bond donors (Lipinski definition) is 0. The summed E-state index contributed by atoms with van der Waals surface area (Å²) in [5.41, 5.74) is 1.55. The molecule has 0 amide bonds. The Morgan fingerprint density at radius 3 is 2.90 bits per heavy atom. The van der Waals surface area contributed by atoms with Crippen LogP contribution in [-0.2, 0) is 10.0 Å². The van der Waals surface area contributed by atoms with Gasteiger partial charge in [0, 0.05) is 39.1 Å². The second kappa shape index (κ2) is 7.89. The standard InChI is InChI=1S/C19H23ClN6O2S/c1-24(29(2,27)28)11-14-4-3-9-25(12-14)18-7-8-21-19(23-18)16-10-22-17-6-5-15(20)13-26(16)17/h5-8,10,13-14H,3-4,9,11-12H2,1-2H3. The van der Waals surface area contributed by atoms with Gasteiger partial charge in [-0.05, 0) is 37.0 Å². The zero-order valence-corrected chi connectivity index (χ0v) is 17.9. The van der Waals surface area contributed by atoms with Gasteiger partial charge in [0.15, 0.2) is 5.82 Å². The smallest absolute Gasteiger partial charge is 0.210 e. The normalized spacial score (nSPS) is 17.9. The van der Waals surface area contributed by atoms with Crippen LogP contribution >= 0.6 is 11.6 Å². The third-order valence-electron chi connectivity index (χ3n) is 5.26. The van der Waals surface area contributed by atoms with Crippen LogP contribution in [0.1, 0.15) is 12.8 Å². The van der Waals surface area contributed by atoms with Crippen LogP contribution in [0.4, 0.5) is 5.82 Å². The van der Waals surface area contributed by atoms with Crippen LogP contribution < -0.4 is 4.90 Å². The molecule has 154 valence electrons. The lowest BCUT2D eigenvalue weighted by Gasteiger charge is -2.35. The Hall–Kier alpha value is -2.23. The van der Waals surface area contributed by atoms with Crippen LogP contribution in [0.15, 0.2) is 36.8 Å². The van der Waals surface area contributed by atoms with Crippen LogP contribution in [0.3, 0.4) is 0 Å². The fourth-order valence-electron chi connectivity index (χ4n) is 3.69. The van der Waals surface area contributed by atoms with Crippen molar-refractivity contribution < 1.29 is 8.42 Å². The summed E-state index contributed by atoms with van der Waals surface area (Å²) in [6, 6.07) is 5.54. The molecule has 3 aromatic rings. The summed E-state index contributed by atoms with van der Waals surface area (Å²) in [5, 5.41) is 0.613. The molecule has 1 atom stereocenters. The summed E-state index contributed by atoms with van der Waals surface area (Å²) in [4.78, 5) is 15.8. The SMILES string of the molecule is CN(CC1CCCN(c2ccnc(-c3cnc4ccc(Cl)cn34)n2)C1)S(C)(=O)=O. The Bertz CT molecular complexity index is 1130. The van der Waals surface area contributed by atoms with Crippen molar-refractivity contribution in [3.05, 3.63) is 41.8 Å². The average molecular weight is 435 g/mol. The van der Waals surface area contributed by atoms with Gasteiger partial charge in [0.2, 0.25) is 10.0 Å².